The number of hydrogen-bond acceptors (Lipinski definition) is 13. The molecule has 0 saturated heterocycles. The van der Waals surface area contributed by atoms with Crippen LogP contribution in [-0.4, -0.2) is 18.5 Å². The van der Waals surface area contributed by atoms with E-state index in [4.69, 9.17) is 54.0 Å². The van der Waals surface area contributed by atoms with Crippen molar-refractivity contribution in [3.05, 3.63) is 12.3 Å². The topological polar surface area (TPSA) is 325 Å². The predicted molar refractivity (Wildman–Crippen MR) is 29.5 cm³/mol. The molecular formula is C3H4N2O13U2-8. The van der Waals surface area contributed by atoms with Crippen LogP contribution in [0.1, 0.15) is 0 Å². The predicted octanol–water partition coefficient (Wildman–Crippen LogP) is -6.38. The van der Waals surface area contributed by atoms with Crippen LogP contribution in [0.3, 0.4) is 0 Å². The molecule has 0 aliphatic carbocycles. The molecule has 0 aromatic rings. The van der Waals surface area contributed by atoms with Gasteiger partial charge in [0.2, 0.25) is 0 Å². The number of carbonyl (C=O) groups is 3. The Labute approximate surface area is 139 Å². The second-order valence-corrected chi connectivity index (χ2v) is 2.30. The van der Waals surface area contributed by atoms with E-state index in [1.807, 2.05) is 0 Å². The minimum absolute atomic E-state index is 0. The van der Waals surface area contributed by atoms with Gasteiger partial charge in [-0.1, -0.05) is 0 Å². The van der Waals surface area contributed by atoms with Crippen LogP contribution in [0.2, 0.25) is 0 Å². The molecule has 0 unspecified atom stereocenters. The van der Waals surface area contributed by atoms with E-state index in [9.17, 15) is 0 Å². The van der Waals surface area contributed by atoms with Crippen molar-refractivity contribution in [1.29, 1.82) is 0 Å². The van der Waals surface area contributed by atoms with Crippen molar-refractivity contribution in [2.75, 3.05) is 0 Å². The molecule has 0 atom stereocenters. The monoisotopic (exact) mass is 752 g/mol. The molecule has 0 heterocycles. The third-order valence-corrected chi connectivity index (χ3v) is 0. The Bertz CT molecular complexity index is 239. The molecule has 0 radical (unpaired) electrons. The Morgan fingerprint density at radius 1 is 0.500 bits per heavy atom. The SMILES string of the molecule is O=C([O-])[O-].O=C([O-])[O-].O=C([O-])[O-].[NH2-].[NH2-].[O]=[U]=[O].[O]=[U]=[O]. The first kappa shape index (κ1) is 42.7. The van der Waals surface area contributed by atoms with Crippen LogP contribution < -0.4 is 30.6 Å². The van der Waals surface area contributed by atoms with Gasteiger partial charge in [0, 0.05) is 0 Å². The van der Waals surface area contributed by atoms with Crippen molar-refractivity contribution in [2.24, 2.45) is 0 Å². The van der Waals surface area contributed by atoms with E-state index in [-0.39, 0.29) is 12.3 Å². The number of carbonyl (C=O) groups excluding carboxylic acids is 3. The second-order valence-electron chi connectivity index (χ2n) is 0.917. The molecule has 0 rings (SSSR count). The van der Waals surface area contributed by atoms with E-state index in [1.165, 1.54) is 0 Å². The van der Waals surface area contributed by atoms with Gasteiger partial charge < -0.3 is 57.3 Å². The molecule has 20 heavy (non-hydrogen) atoms. The maximum atomic E-state index is 8.58. The van der Waals surface area contributed by atoms with E-state index >= 15 is 0 Å². The summed E-state index contributed by atoms with van der Waals surface area (Å²) in [6, 6.07) is 0. The fourth-order valence-corrected chi connectivity index (χ4v) is 0. The first-order valence-corrected chi connectivity index (χ1v) is 9.45. The van der Waals surface area contributed by atoms with Crippen LogP contribution in [0.25, 0.3) is 12.3 Å². The van der Waals surface area contributed by atoms with Gasteiger partial charge in [-0.3, -0.25) is 0 Å². The summed E-state index contributed by atoms with van der Waals surface area (Å²) in [7, 11) is 0. The van der Waals surface area contributed by atoms with Gasteiger partial charge in [-0.15, -0.1) is 0 Å². The maximum absolute atomic E-state index is 8.58. The average molecular weight is 752 g/mol. The average Bonchev–Trinajstić information content (AvgIpc) is 2.00. The molecule has 0 fully saturated rings. The first-order chi connectivity index (χ1) is 8.02. The summed E-state index contributed by atoms with van der Waals surface area (Å²) in [4.78, 5) is 25.0. The Kier molecular flexibility index (Phi) is 111. The van der Waals surface area contributed by atoms with E-state index in [2.05, 4.69) is 0 Å². The molecular weight excluding hydrogens is 748 g/mol. The van der Waals surface area contributed by atoms with Crippen molar-refractivity contribution in [1.82, 2.24) is 0 Å². The molecule has 0 aliphatic heterocycles. The summed E-state index contributed by atoms with van der Waals surface area (Å²) in [5.74, 6) is 0. The molecule has 0 amide bonds. The summed E-state index contributed by atoms with van der Waals surface area (Å²) in [6.45, 7) is 0. The number of nitrogens with two attached hydrogens (primary N) is 2. The molecule has 120 valence electrons. The molecule has 0 bridgehead atoms. The molecule has 0 spiro atoms. The van der Waals surface area contributed by atoms with E-state index in [1.54, 1.807) is 0 Å². The van der Waals surface area contributed by atoms with Crippen LogP contribution in [0, 0.1) is 55.6 Å². The molecule has 0 aromatic carbocycles. The van der Waals surface area contributed by atoms with Gasteiger partial charge in [0.15, 0.2) is 0 Å². The van der Waals surface area contributed by atoms with Gasteiger partial charge >= 0.3 is 64.6 Å². The Morgan fingerprint density at radius 2 is 0.500 bits per heavy atom. The summed E-state index contributed by atoms with van der Waals surface area (Å²) >= 11 is -5.01. The molecule has 0 aliphatic rings. The van der Waals surface area contributed by atoms with E-state index in [0.717, 1.165) is 0 Å². The van der Waals surface area contributed by atoms with Crippen molar-refractivity contribution in [2.45, 2.75) is 0 Å². The van der Waals surface area contributed by atoms with Gasteiger partial charge in [-0.2, -0.15) is 0 Å². The summed E-state index contributed by atoms with van der Waals surface area (Å²) in [5, 5.41) is 50.0. The normalized spacial score (nSPS) is 4.40. The van der Waals surface area contributed by atoms with Gasteiger partial charge in [-0.05, 0) is 18.5 Å². The Hall–Kier alpha value is -0.966. The van der Waals surface area contributed by atoms with Gasteiger partial charge in [0.25, 0.3) is 0 Å². The van der Waals surface area contributed by atoms with Gasteiger partial charge in [-0.25, -0.2) is 0 Å². The molecule has 0 saturated carbocycles. The van der Waals surface area contributed by atoms with Crippen molar-refractivity contribution < 1.29 is 110 Å². The Morgan fingerprint density at radius 3 is 0.500 bits per heavy atom. The molecule has 4 N–H and O–H groups in total. The zero-order valence-corrected chi connectivity index (χ0v) is 17.3. The number of hydrogen-bond donors (Lipinski definition) is 0. The number of rotatable bonds is 0. The molecule has 17 heteroatoms. The standard InChI is InChI=1S/3CH2O3.2H2N.4O.2U/c3*2-1(3)4;;;;;;;;/h3*(H2,2,3,4);2*1H2;;;;;;/q;;;2*-1;;;;;;/p-6. The third kappa shape index (κ3) is 4690. The zero-order valence-electron chi connectivity index (χ0n) is 8.96. The fourth-order valence-electron chi connectivity index (χ4n) is 0. The van der Waals surface area contributed by atoms with E-state index in [0.29, 0.717) is 0 Å². The third-order valence-electron chi connectivity index (χ3n) is 0. The van der Waals surface area contributed by atoms with Crippen molar-refractivity contribution in [3.63, 3.8) is 0 Å². The van der Waals surface area contributed by atoms with Crippen molar-refractivity contribution >= 4 is 18.5 Å². The number of carboxylic acid groups (broad SMARTS) is 6. The molecule has 15 nitrogen and oxygen atoms in total. The fraction of sp³-hybridized carbons (Fsp3) is 0. The van der Waals surface area contributed by atoms with Gasteiger partial charge in [0.05, 0.1) is 0 Å². The Balaban J connectivity index is -0.0000000207. The summed E-state index contributed by atoms with van der Waals surface area (Å²) in [5.41, 5.74) is 0. The quantitative estimate of drug-likeness (QED) is 0.223. The van der Waals surface area contributed by atoms with Crippen LogP contribution in [0.15, 0.2) is 0 Å². The van der Waals surface area contributed by atoms with Crippen molar-refractivity contribution in [3.8, 4) is 0 Å². The summed E-state index contributed by atoms with van der Waals surface area (Å²) < 4.78 is 34.3. The van der Waals surface area contributed by atoms with Crippen LogP contribution >= 0.6 is 0 Å². The zero-order chi connectivity index (χ0) is 16.1. The van der Waals surface area contributed by atoms with Crippen LogP contribution in [0.4, 0.5) is 14.4 Å². The van der Waals surface area contributed by atoms with E-state index < -0.39 is 74.1 Å². The first-order valence-electron chi connectivity index (χ1n) is 2.65. The summed E-state index contributed by atoms with van der Waals surface area (Å²) in [6.07, 6.45) is -7.00. The minimum atomic E-state index is -2.51. The van der Waals surface area contributed by atoms with Crippen LogP contribution in [-0.2, 0) is 8.94 Å². The van der Waals surface area contributed by atoms with Crippen LogP contribution in [0.5, 0.6) is 0 Å². The second kappa shape index (κ2) is 52.0. The van der Waals surface area contributed by atoms with Gasteiger partial charge in [0.1, 0.15) is 0 Å². The molecule has 0 aromatic heterocycles.